The fraction of sp³-hybridized carbons (Fsp3) is 0.400. The monoisotopic (exact) mass is 369 g/mol. The topological polar surface area (TPSA) is 87.7 Å². The molecule has 1 aromatic heterocycles. The maximum absolute atomic E-state index is 12.2. The van der Waals surface area contributed by atoms with Crippen LogP contribution in [0.25, 0.3) is 0 Å². The number of ether oxygens (including phenoxy) is 2. The molecule has 0 saturated carbocycles. The second-order valence-electron chi connectivity index (χ2n) is 6.34. The Kier molecular flexibility index (Phi) is 6.47. The Morgan fingerprint density at radius 3 is 2.63 bits per heavy atom. The van der Waals surface area contributed by atoms with Crippen LogP contribution in [0.5, 0.6) is 5.75 Å². The molecular formula is C20H23N3O4. The minimum absolute atomic E-state index is 0.0403. The number of nitrogens with zero attached hydrogens (tertiary/aromatic N) is 2. The Labute approximate surface area is 158 Å². The number of nitriles is 1. The molecular weight excluding hydrogens is 346 g/mol. The molecule has 1 saturated heterocycles. The molecule has 0 bridgehead atoms. The summed E-state index contributed by atoms with van der Waals surface area (Å²) in [6.07, 6.45) is 0. The van der Waals surface area contributed by atoms with Crippen LogP contribution in [0, 0.1) is 18.3 Å². The number of benzene rings is 1. The second kappa shape index (κ2) is 9.21. The number of hydrogen-bond acceptors (Lipinski definition) is 6. The van der Waals surface area contributed by atoms with Crippen molar-refractivity contribution in [1.29, 1.82) is 5.26 Å². The maximum atomic E-state index is 12.2. The summed E-state index contributed by atoms with van der Waals surface area (Å²) in [7, 11) is 0. The van der Waals surface area contributed by atoms with Gasteiger partial charge in [0, 0.05) is 19.6 Å². The highest BCUT2D eigenvalue weighted by Crippen LogP contribution is 2.23. The molecule has 7 nitrogen and oxygen atoms in total. The molecule has 0 radical (unpaired) electrons. The van der Waals surface area contributed by atoms with Crippen molar-refractivity contribution in [3.8, 4) is 11.8 Å². The van der Waals surface area contributed by atoms with E-state index in [9.17, 15) is 4.79 Å². The number of carbonyl (C=O) groups excluding carboxylic acids is 1. The summed E-state index contributed by atoms with van der Waals surface area (Å²) in [6, 6.07) is 12.5. The van der Waals surface area contributed by atoms with E-state index in [1.54, 1.807) is 24.3 Å². The number of nitrogens with one attached hydrogen (secondary N) is 1. The summed E-state index contributed by atoms with van der Waals surface area (Å²) >= 11 is 0. The number of morpholine rings is 1. The fourth-order valence-corrected chi connectivity index (χ4v) is 2.97. The van der Waals surface area contributed by atoms with Gasteiger partial charge in [-0.2, -0.15) is 5.26 Å². The van der Waals surface area contributed by atoms with Crippen LogP contribution in [-0.2, 0) is 9.53 Å². The van der Waals surface area contributed by atoms with Crippen molar-refractivity contribution in [2.24, 2.45) is 0 Å². The predicted octanol–water partition coefficient (Wildman–Crippen LogP) is 2.03. The van der Waals surface area contributed by atoms with E-state index >= 15 is 0 Å². The molecule has 142 valence electrons. The Balaban J connectivity index is 1.54. The lowest BCUT2D eigenvalue weighted by atomic mass is 10.1. The quantitative estimate of drug-likeness (QED) is 0.803. The van der Waals surface area contributed by atoms with Gasteiger partial charge in [-0.25, -0.2) is 0 Å². The van der Waals surface area contributed by atoms with E-state index in [2.05, 4.69) is 10.2 Å². The van der Waals surface area contributed by atoms with Gasteiger partial charge in [0.05, 0.1) is 30.9 Å². The number of amides is 1. The normalized spacial score (nSPS) is 15.7. The van der Waals surface area contributed by atoms with Gasteiger partial charge in [-0.05, 0) is 43.3 Å². The minimum atomic E-state index is -0.208. The first kappa shape index (κ1) is 19.0. The lowest BCUT2D eigenvalue weighted by Crippen LogP contribution is -2.44. The number of furan rings is 1. The third-order valence-electron chi connectivity index (χ3n) is 4.42. The molecule has 27 heavy (non-hydrogen) atoms. The molecule has 2 heterocycles. The van der Waals surface area contributed by atoms with Gasteiger partial charge in [0.25, 0.3) is 5.91 Å². The van der Waals surface area contributed by atoms with Crippen LogP contribution < -0.4 is 10.1 Å². The largest absolute Gasteiger partial charge is 0.484 e. The SMILES string of the molecule is Cc1ccc([C@@H](CNC(=O)COc2ccc(C#N)cc2)N2CCOCC2)o1. The lowest BCUT2D eigenvalue weighted by Gasteiger charge is -2.33. The van der Waals surface area contributed by atoms with Gasteiger partial charge in [0.15, 0.2) is 6.61 Å². The first-order valence-electron chi connectivity index (χ1n) is 8.93. The third kappa shape index (κ3) is 5.33. The zero-order valence-corrected chi connectivity index (χ0v) is 15.3. The van der Waals surface area contributed by atoms with E-state index in [-0.39, 0.29) is 18.6 Å². The molecule has 1 aliphatic heterocycles. The van der Waals surface area contributed by atoms with E-state index in [0.717, 1.165) is 24.6 Å². The summed E-state index contributed by atoms with van der Waals surface area (Å²) in [5.74, 6) is 2.03. The highest BCUT2D eigenvalue weighted by atomic mass is 16.5. The van der Waals surface area contributed by atoms with Crippen LogP contribution in [0.15, 0.2) is 40.8 Å². The first-order valence-corrected chi connectivity index (χ1v) is 8.93. The maximum Gasteiger partial charge on any atom is 0.258 e. The van der Waals surface area contributed by atoms with Crippen molar-refractivity contribution in [3.63, 3.8) is 0 Å². The summed E-state index contributed by atoms with van der Waals surface area (Å²) in [5.41, 5.74) is 0.550. The third-order valence-corrected chi connectivity index (χ3v) is 4.42. The van der Waals surface area contributed by atoms with Crippen LogP contribution in [0.2, 0.25) is 0 Å². The van der Waals surface area contributed by atoms with Crippen LogP contribution in [0.4, 0.5) is 0 Å². The first-order chi connectivity index (χ1) is 13.2. The standard InChI is InChI=1S/C20H23N3O4/c1-15-2-7-19(27-15)18(23-8-10-25-11-9-23)13-22-20(24)14-26-17-5-3-16(12-21)4-6-17/h2-7,18H,8-11,13-14H2,1H3,(H,22,24)/t18-/m1/s1. The van der Waals surface area contributed by atoms with Crippen LogP contribution in [0.3, 0.4) is 0 Å². The van der Waals surface area contributed by atoms with E-state index in [1.165, 1.54) is 0 Å². The highest BCUT2D eigenvalue weighted by Gasteiger charge is 2.25. The fourth-order valence-electron chi connectivity index (χ4n) is 2.97. The molecule has 1 atom stereocenters. The van der Waals surface area contributed by atoms with E-state index in [0.29, 0.717) is 31.1 Å². The van der Waals surface area contributed by atoms with E-state index < -0.39 is 0 Å². The molecule has 0 unspecified atom stereocenters. The van der Waals surface area contributed by atoms with Crippen LogP contribution in [0.1, 0.15) is 23.1 Å². The smallest absolute Gasteiger partial charge is 0.258 e. The summed E-state index contributed by atoms with van der Waals surface area (Å²) in [4.78, 5) is 14.5. The Hall–Kier alpha value is -2.82. The minimum Gasteiger partial charge on any atom is -0.484 e. The Bertz CT molecular complexity index is 788. The number of hydrogen-bond donors (Lipinski definition) is 1. The molecule has 1 fully saturated rings. The molecule has 0 aliphatic carbocycles. The molecule has 1 aliphatic rings. The van der Waals surface area contributed by atoms with Crippen LogP contribution in [-0.4, -0.2) is 50.3 Å². The van der Waals surface area contributed by atoms with Gasteiger partial charge >= 0.3 is 0 Å². The van der Waals surface area contributed by atoms with E-state index in [1.807, 2.05) is 25.1 Å². The van der Waals surface area contributed by atoms with Gasteiger partial charge in [0.1, 0.15) is 17.3 Å². The average molecular weight is 369 g/mol. The van der Waals surface area contributed by atoms with Gasteiger partial charge in [-0.3, -0.25) is 9.69 Å². The van der Waals surface area contributed by atoms with Crippen LogP contribution >= 0.6 is 0 Å². The number of carbonyl (C=O) groups is 1. The highest BCUT2D eigenvalue weighted by molar-refractivity contribution is 5.77. The average Bonchev–Trinajstić information content (AvgIpc) is 3.13. The van der Waals surface area contributed by atoms with Gasteiger partial charge in [-0.15, -0.1) is 0 Å². The van der Waals surface area contributed by atoms with Gasteiger partial charge in [-0.1, -0.05) is 0 Å². The van der Waals surface area contributed by atoms with Crippen molar-refractivity contribution in [1.82, 2.24) is 10.2 Å². The zero-order chi connectivity index (χ0) is 19.1. The molecule has 3 rings (SSSR count). The Morgan fingerprint density at radius 2 is 2.00 bits per heavy atom. The number of rotatable bonds is 7. The molecule has 2 aromatic rings. The zero-order valence-electron chi connectivity index (χ0n) is 15.3. The molecule has 0 spiro atoms. The Morgan fingerprint density at radius 1 is 1.26 bits per heavy atom. The molecule has 7 heteroatoms. The molecule has 1 amide bonds. The van der Waals surface area contributed by atoms with Crippen molar-refractivity contribution < 1.29 is 18.7 Å². The number of aryl methyl sites for hydroxylation is 1. The predicted molar refractivity (Wildman–Crippen MR) is 98.2 cm³/mol. The van der Waals surface area contributed by atoms with Crippen molar-refractivity contribution in [3.05, 3.63) is 53.5 Å². The molecule has 1 N–H and O–H groups in total. The van der Waals surface area contributed by atoms with Crippen molar-refractivity contribution in [2.45, 2.75) is 13.0 Å². The summed E-state index contributed by atoms with van der Waals surface area (Å²) < 4.78 is 16.7. The van der Waals surface area contributed by atoms with E-state index in [4.69, 9.17) is 19.2 Å². The van der Waals surface area contributed by atoms with Crippen molar-refractivity contribution in [2.75, 3.05) is 39.5 Å². The van der Waals surface area contributed by atoms with Gasteiger partial charge < -0.3 is 19.2 Å². The van der Waals surface area contributed by atoms with Gasteiger partial charge in [0.2, 0.25) is 0 Å². The summed E-state index contributed by atoms with van der Waals surface area (Å²) in [5, 5.41) is 11.7. The molecule has 1 aromatic carbocycles. The van der Waals surface area contributed by atoms with Crippen molar-refractivity contribution >= 4 is 5.91 Å². The second-order valence-corrected chi connectivity index (χ2v) is 6.34. The summed E-state index contributed by atoms with van der Waals surface area (Å²) in [6.45, 7) is 5.19. The lowest BCUT2D eigenvalue weighted by molar-refractivity contribution is -0.123.